The lowest BCUT2D eigenvalue weighted by Crippen LogP contribution is -2.37. The van der Waals surface area contributed by atoms with Crippen LogP contribution in [0, 0.1) is 20.8 Å². The summed E-state index contributed by atoms with van der Waals surface area (Å²) in [5.41, 5.74) is 5.21. The molecule has 0 aliphatic heterocycles. The van der Waals surface area contributed by atoms with E-state index in [1.807, 2.05) is 6.92 Å². The Balaban J connectivity index is 2.07. The van der Waals surface area contributed by atoms with Crippen molar-refractivity contribution in [3.8, 4) is 0 Å². The predicted molar refractivity (Wildman–Crippen MR) is 113 cm³/mol. The lowest BCUT2D eigenvalue weighted by molar-refractivity contribution is -0.121. The number of benzene rings is 2. The van der Waals surface area contributed by atoms with E-state index in [0.29, 0.717) is 26.7 Å². The number of hydrogen-bond donors (Lipinski definition) is 1. The summed E-state index contributed by atoms with van der Waals surface area (Å²) in [4.78, 5) is 12.3. The van der Waals surface area contributed by atoms with Gasteiger partial charge >= 0.3 is 0 Å². The van der Waals surface area contributed by atoms with E-state index in [0.717, 1.165) is 9.87 Å². The lowest BCUT2D eigenvalue weighted by atomic mass is 10.1. The molecule has 0 bridgehead atoms. The number of carbonyl (C=O) groups excluding carboxylic acids is 1. The third kappa shape index (κ3) is 5.32. The number of sulfonamides is 1. The maximum Gasteiger partial charge on any atom is 0.255 e. The lowest BCUT2D eigenvalue weighted by Gasteiger charge is -2.19. The molecule has 0 saturated carbocycles. The van der Waals surface area contributed by atoms with Gasteiger partial charge in [0.1, 0.15) is 0 Å². The summed E-state index contributed by atoms with van der Waals surface area (Å²) in [5, 5.41) is 4.60. The molecule has 150 valence electrons. The van der Waals surface area contributed by atoms with Gasteiger partial charge in [-0.2, -0.15) is 9.41 Å². The minimum atomic E-state index is -3.81. The van der Waals surface area contributed by atoms with Crippen LogP contribution in [0.2, 0.25) is 10.0 Å². The van der Waals surface area contributed by atoms with Crippen LogP contribution in [0.3, 0.4) is 0 Å². The van der Waals surface area contributed by atoms with Gasteiger partial charge in [-0.05, 0) is 49.6 Å². The fourth-order valence-corrected chi connectivity index (χ4v) is 4.66. The highest BCUT2D eigenvalue weighted by molar-refractivity contribution is 7.89. The number of hydrogen-bond acceptors (Lipinski definition) is 4. The monoisotopic (exact) mass is 441 g/mol. The van der Waals surface area contributed by atoms with E-state index in [2.05, 4.69) is 10.5 Å². The molecule has 2 rings (SSSR count). The molecule has 6 nitrogen and oxygen atoms in total. The highest BCUT2D eigenvalue weighted by Gasteiger charge is 2.26. The molecule has 0 saturated heterocycles. The fraction of sp³-hybridized carbons (Fsp3) is 0.263. The molecule has 0 aliphatic carbocycles. The van der Waals surface area contributed by atoms with Crippen LogP contribution in [0.15, 0.2) is 40.3 Å². The second kappa shape index (κ2) is 9.05. The van der Waals surface area contributed by atoms with Gasteiger partial charge in [0, 0.05) is 7.05 Å². The zero-order valence-electron chi connectivity index (χ0n) is 16.0. The number of aryl methyl sites for hydroxylation is 3. The number of carbonyl (C=O) groups is 1. The Kier molecular flexibility index (Phi) is 7.22. The van der Waals surface area contributed by atoms with Crippen molar-refractivity contribution in [2.75, 3.05) is 13.6 Å². The van der Waals surface area contributed by atoms with Gasteiger partial charge in [0.25, 0.3) is 5.91 Å². The summed E-state index contributed by atoms with van der Waals surface area (Å²) in [7, 11) is -2.45. The van der Waals surface area contributed by atoms with Crippen LogP contribution in [-0.2, 0) is 14.8 Å². The van der Waals surface area contributed by atoms with Crippen LogP contribution in [0.5, 0.6) is 0 Å². The SMILES string of the molecule is Cc1cc(C)c(S(=O)(=O)N(C)CC(=O)N/N=C\c2ccc(Cl)c(Cl)c2)c(C)c1. The summed E-state index contributed by atoms with van der Waals surface area (Å²) < 4.78 is 26.7. The number of nitrogens with zero attached hydrogens (tertiary/aromatic N) is 2. The van der Waals surface area contributed by atoms with Crippen molar-refractivity contribution in [1.82, 2.24) is 9.73 Å². The molecule has 9 heteroatoms. The van der Waals surface area contributed by atoms with Crippen LogP contribution in [-0.4, -0.2) is 38.4 Å². The topological polar surface area (TPSA) is 78.8 Å². The highest BCUT2D eigenvalue weighted by Crippen LogP contribution is 2.24. The summed E-state index contributed by atoms with van der Waals surface area (Å²) in [6, 6.07) is 8.49. The van der Waals surface area contributed by atoms with Crippen LogP contribution in [0.1, 0.15) is 22.3 Å². The smallest absolute Gasteiger partial charge is 0.255 e. The largest absolute Gasteiger partial charge is 0.272 e. The van der Waals surface area contributed by atoms with E-state index in [9.17, 15) is 13.2 Å². The van der Waals surface area contributed by atoms with Gasteiger partial charge in [-0.15, -0.1) is 0 Å². The van der Waals surface area contributed by atoms with Crippen molar-refractivity contribution < 1.29 is 13.2 Å². The first-order valence-corrected chi connectivity index (χ1v) is 10.5. The van der Waals surface area contributed by atoms with Gasteiger partial charge in [-0.25, -0.2) is 13.8 Å². The molecular weight excluding hydrogens is 421 g/mol. The van der Waals surface area contributed by atoms with Gasteiger partial charge in [0.05, 0.1) is 27.7 Å². The summed E-state index contributed by atoms with van der Waals surface area (Å²) in [6.45, 7) is 5.01. The summed E-state index contributed by atoms with van der Waals surface area (Å²) >= 11 is 11.8. The molecule has 0 spiro atoms. The number of amides is 1. The zero-order valence-corrected chi connectivity index (χ0v) is 18.3. The number of nitrogens with one attached hydrogen (secondary N) is 1. The number of rotatable bonds is 6. The Labute approximate surface area is 175 Å². The van der Waals surface area contributed by atoms with Gasteiger partial charge < -0.3 is 0 Å². The molecule has 1 N–H and O–H groups in total. The van der Waals surface area contributed by atoms with Gasteiger partial charge in [0.2, 0.25) is 10.0 Å². The quantitative estimate of drug-likeness (QED) is 0.548. The van der Waals surface area contributed by atoms with Crippen molar-refractivity contribution in [1.29, 1.82) is 0 Å². The molecular formula is C19H21Cl2N3O3S. The molecule has 0 atom stereocenters. The van der Waals surface area contributed by atoms with E-state index in [-0.39, 0.29) is 11.4 Å². The number of likely N-dealkylation sites (N-methyl/N-ethyl adjacent to an activating group) is 1. The Morgan fingerprint density at radius 2 is 1.71 bits per heavy atom. The van der Waals surface area contributed by atoms with Crippen LogP contribution in [0.25, 0.3) is 0 Å². The van der Waals surface area contributed by atoms with E-state index in [4.69, 9.17) is 23.2 Å². The Morgan fingerprint density at radius 1 is 1.11 bits per heavy atom. The first-order valence-electron chi connectivity index (χ1n) is 8.33. The standard InChI is InChI=1S/C19H21Cl2N3O3S/c1-12-7-13(2)19(14(3)8-12)28(26,27)24(4)11-18(25)23-22-10-15-5-6-16(20)17(21)9-15/h5-10H,11H2,1-4H3,(H,23,25)/b22-10-. The Hall–Kier alpha value is -1.93. The van der Waals surface area contributed by atoms with Crippen molar-refractivity contribution in [3.05, 3.63) is 62.6 Å². The molecule has 2 aromatic carbocycles. The zero-order chi connectivity index (χ0) is 21.1. The van der Waals surface area contributed by atoms with Gasteiger partial charge in [-0.1, -0.05) is 47.0 Å². The van der Waals surface area contributed by atoms with Crippen LogP contribution < -0.4 is 5.43 Å². The number of halogens is 2. The molecule has 0 unspecified atom stereocenters. The molecule has 1 amide bonds. The number of hydrazone groups is 1. The van der Waals surface area contributed by atoms with Crippen molar-refractivity contribution >= 4 is 45.3 Å². The van der Waals surface area contributed by atoms with E-state index < -0.39 is 15.9 Å². The predicted octanol–water partition coefficient (Wildman–Crippen LogP) is 3.69. The van der Waals surface area contributed by atoms with Crippen LogP contribution >= 0.6 is 23.2 Å². The Bertz CT molecular complexity index is 1010. The van der Waals surface area contributed by atoms with E-state index >= 15 is 0 Å². The molecule has 2 aromatic rings. The first-order chi connectivity index (χ1) is 13.0. The minimum absolute atomic E-state index is 0.215. The molecule has 0 aliphatic rings. The third-order valence-corrected chi connectivity index (χ3v) is 6.83. The average Bonchev–Trinajstić information content (AvgIpc) is 2.56. The van der Waals surface area contributed by atoms with E-state index in [1.165, 1.54) is 13.3 Å². The molecule has 0 heterocycles. The third-order valence-electron chi connectivity index (χ3n) is 3.99. The van der Waals surface area contributed by atoms with Crippen molar-refractivity contribution in [2.45, 2.75) is 25.7 Å². The summed E-state index contributed by atoms with van der Waals surface area (Å²) in [6.07, 6.45) is 1.39. The molecule has 0 aromatic heterocycles. The minimum Gasteiger partial charge on any atom is -0.272 e. The van der Waals surface area contributed by atoms with Crippen molar-refractivity contribution in [3.63, 3.8) is 0 Å². The van der Waals surface area contributed by atoms with Crippen molar-refractivity contribution in [2.24, 2.45) is 5.10 Å². The van der Waals surface area contributed by atoms with Crippen LogP contribution in [0.4, 0.5) is 0 Å². The Morgan fingerprint density at radius 3 is 2.29 bits per heavy atom. The average molecular weight is 442 g/mol. The fourth-order valence-electron chi connectivity index (χ4n) is 2.82. The second-order valence-corrected chi connectivity index (χ2v) is 9.25. The maximum atomic E-state index is 12.9. The highest BCUT2D eigenvalue weighted by atomic mass is 35.5. The van der Waals surface area contributed by atoms with Gasteiger partial charge in [-0.3, -0.25) is 4.79 Å². The normalized spacial score (nSPS) is 12.0. The second-order valence-electron chi connectivity index (χ2n) is 6.46. The molecule has 28 heavy (non-hydrogen) atoms. The maximum absolute atomic E-state index is 12.9. The first kappa shape index (κ1) is 22.4. The summed E-state index contributed by atoms with van der Waals surface area (Å²) in [5.74, 6) is -0.565. The van der Waals surface area contributed by atoms with Gasteiger partial charge in [0.15, 0.2) is 0 Å². The van der Waals surface area contributed by atoms with E-state index in [1.54, 1.807) is 44.2 Å². The molecule has 0 radical (unpaired) electrons. The molecule has 0 fully saturated rings.